The molecule has 3 nitrogen and oxygen atoms in total. The van der Waals surface area contributed by atoms with Crippen LogP contribution in [0.25, 0.3) is 0 Å². The van der Waals surface area contributed by atoms with Crippen molar-refractivity contribution in [2.24, 2.45) is 5.92 Å². The number of rotatable bonds is 4. The predicted octanol–water partition coefficient (Wildman–Crippen LogP) is 3.00. The van der Waals surface area contributed by atoms with E-state index in [1.54, 1.807) is 0 Å². The van der Waals surface area contributed by atoms with Crippen molar-refractivity contribution in [2.75, 3.05) is 6.54 Å². The summed E-state index contributed by atoms with van der Waals surface area (Å²) in [5, 5.41) is 6.64. The van der Waals surface area contributed by atoms with Gasteiger partial charge in [-0.1, -0.05) is 42.7 Å². The number of fused-ring (bicyclic) bond motifs is 1. The highest BCUT2D eigenvalue weighted by Gasteiger charge is 2.37. The summed E-state index contributed by atoms with van der Waals surface area (Å²) in [6.45, 7) is 2.84. The van der Waals surface area contributed by atoms with E-state index in [0.29, 0.717) is 6.04 Å². The lowest BCUT2D eigenvalue weighted by Crippen LogP contribution is -2.43. The molecule has 0 radical (unpaired) electrons. The minimum absolute atomic E-state index is 0. The summed E-state index contributed by atoms with van der Waals surface area (Å²) in [7, 11) is 0. The van der Waals surface area contributed by atoms with Crippen molar-refractivity contribution < 1.29 is 4.79 Å². The van der Waals surface area contributed by atoms with Crippen molar-refractivity contribution in [3.8, 4) is 0 Å². The Morgan fingerprint density at radius 1 is 1.32 bits per heavy atom. The number of nitrogens with one attached hydrogen (secondary N) is 2. The van der Waals surface area contributed by atoms with Crippen LogP contribution >= 0.6 is 12.4 Å². The standard InChI is InChI=1S/C18H26N2O.ClH/c1-13-5-4-6-14(11-13)9-10-19-18(21)17-12-15-7-2-3-8-16(15)20-17;/h4-6,11,15-17,20H,2-3,7-10,12H2,1H3,(H,19,21);1H. The second kappa shape index (κ2) is 7.98. The van der Waals surface area contributed by atoms with Crippen LogP contribution in [0.4, 0.5) is 0 Å². The highest BCUT2D eigenvalue weighted by atomic mass is 35.5. The third kappa shape index (κ3) is 4.23. The fraction of sp³-hybridized carbons (Fsp3) is 0.611. The van der Waals surface area contributed by atoms with Gasteiger partial charge in [-0.25, -0.2) is 0 Å². The Labute approximate surface area is 139 Å². The fourth-order valence-electron chi connectivity index (χ4n) is 3.84. The highest BCUT2D eigenvalue weighted by Crippen LogP contribution is 2.33. The molecule has 22 heavy (non-hydrogen) atoms. The summed E-state index contributed by atoms with van der Waals surface area (Å²) in [6, 6.07) is 9.12. The molecule has 3 unspecified atom stereocenters. The van der Waals surface area contributed by atoms with Crippen LogP contribution in [0.5, 0.6) is 0 Å². The Hall–Kier alpha value is -1.06. The molecule has 4 heteroatoms. The summed E-state index contributed by atoms with van der Waals surface area (Å²) in [5.41, 5.74) is 2.57. The van der Waals surface area contributed by atoms with Crippen molar-refractivity contribution in [2.45, 2.75) is 57.5 Å². The first kappa shape index (κ1) is 17.3. The van der Waals surface area contributed by atoms with Gasteiger partial charge in [-0.05, 0) is 44.1 Å². The quantitative estimate of drug-likeness (QED) is 0.894. The Morgan fingerprint density at radius 3 is 2.91 bits per heavy atom. The van der Waals surface area contributed by atoms with Crippen molar-refractivity contribution in [1.82, 2.24) is 10.6 Å². The fourth-order valence-corrected chi connectivity index (χ4v) is 3.84. The van der Waals surface area contributed by atoms with Crippen LogP contribution in [-0.2, 0) is 11.2 Å². The second-order valence-corrected chi connectivity index (χ2v) is 6.64. The number of halogens is 1. The van der Waals surface area contributed by atoms with Crippen molar-refractivity contribution in [3.05, 3.63) is 35.4 Å². The van der Waals surface area contributed by atoms with Gasteiger partial charge in [0.05, 0.1) is 6.04 Å². The number of aryl methyl sites for hydroxylation is 1. The first-order valence-corrected chi connectivity index (χ1v) is 8.31. The molecule has 2 fully saturated rings. The average molecular weight is 323 g/mol. The van der Waals surface area contributed by atoms with E-state index < -0.39 is 0 Å². The molecule has 0 aromatic heterocycles. The molecule has 1 aromatic rings. The lowest BCUT2D eigenvalue weighted by molar-refractivity contribution is -0.122. The van der Waals surface area contributed by atoms with Crippen LogP contribution in [-0.4, -0.2) is 24.5 Å². The molecule has 3 rings (SSSR count). The molecule has 1 aromatic carbocycles. The van der Waals surface area contributed by atoms with E-state index in [4.69, 9.17) is 0 Å². The number of amides is 1. The molecule has 2 N–H and O–H groups in total. The molecular weight excluding hydrogens is 296 g/mol. The third-order valence-electron chi connectivity index (χ3n) is 4.97. The van der Waals surface area contributed by atoms with Crippen LogP contribution in [0.2, 0.25) is 0 Å². The third-order valence-corrected chi connectivity index (χ3v) is 4.97. The number of hydrogen-bond acceptors (Lipinski definition) is 2. The maximum absolute atomic E-state index is 12.3. The van der Waals surface area contributed by atoms with Crippen molar-refractivity contribution in [1.29, 1.82) is 0 Å². The first-order valence-electron chi connectivity index (χ1n) is 8.31. The molecule has 0 bridgehead atoms. The van der Waals surface area contributed by atoms with Gasteiger partial charge in [0.15, 0.2) is 0 Å². The van der Waals surface area contributed by atoms with Gasteiger partial charge >= 0.3 is 0 Å². The topological polar surface area (TPSA) is 41.1 Å². The van der Waals surface area contributed by atoms with Gasteiger partial charge in [0.25, 0.3) is 0 Å². The monoisotopic (exact) mass is 322 g/mol. The van der Waals surface area contributed by atoms with Crippen LogP contribution < -0.4 is 10.6 Å². The molecule has 1 aliphatic carbocycles. The summed E-state index contributed by atoms with van der Waals surface area (Å²) in [4.78, 5) is 12.3. The van der Waals surface area contributed by atoms with Crippen molar-refractivity contribution >= 4 is 18.3 Å². The van der Waals surface area contributed by atoms with Gasteiger partial charge in [0.1, 0.15) is 0 Å². The Bertz CT molecular complexity index is 492. The minimum Gasteiger partial charge on any atom is -0.354 e. The zero-order valence-corrected chi connectivity index (χ0v) is 14.1. The van der Waals surface area contributed by atoms with Crippen LogP contribution in [0, 0.1) is 12.8 Å². The van der Waals surface area contributed by atoms with E-state index >= 15 is 0 Å². The van der Waals surface area contributed by atoms with E-state index in [-0.39, 0.29) is 24.4 Å². The molecular formula is C18H27ClN2O. The first-order chi connectivity index (χ1) is 10.2. The smallest absolute Gasteiger partial charge is 0.237 e. The summed E-state index contributed by atoms with van der Waals surface area (Å²) >= 11 is 0. The van der Waals surface area contributed by atoms with E-state index in [2.05, 4.69) is 41.8 Å². The number of benzene rings is 1. The lowest BCUT2D eigenvalue weighted by atomic mass is 9.85. The number of carbonyl (C=O) groups is 1. The Morgan fingerprint density at radius 2 is 2.14 bits per heavy atom. The number of hydrogen-bond donors (Lipinski definition) is 2. The van der Waals surface area contributed by atoms with Crippen LogP contribution in [0.3, 0.4) is 0 Å². The molecule has 1 aliphatic heterocycles. The van der Waals surface area contributed by atoms with Crippen LogP contribution in [0.1, 0.15) is 43.2 Å². The molecule has 1 saturated heterocycles. The average Bonchev–Trinajstić information content (AvgIpc) is 2.91. The molecule has 1 heterocycles. The van der Waals surface area contributed by atoms with Crippen molar-refractivity contribution in [3.63, 3.8) is 0 Å². The van der Waals surface area contributed by atoms with E-state index in [1.165, 1.54) is 36.8 Å². The predicted molar refractivity (Wildman–Crippen MR) is 92.4 cm³/mol. The minimum atomic E-state index is 0. The largest absolute Gasteiger partial charge is 0.354 e. The maximum atomic E-state index is 12.3. The molecule has 2 aliphatic rings. The molecule has 122 valence electrons. The van der Waals surface area contributed by atoms with E-state index in [0.717, 1.165) is 25.3 Å². The number of carbonyl (C=O) groups excluding carboxylic acids is 1. The zero-order valence-electron chi connectivity index (χ0n) is 13.3. The van der Waals surface area contributed by atoms with Crippen LogP contribution in [0.15, 0.2) is 24.3 Å². The van der Waals surface area contributed by atoms with E-state index in [1.807, 2.05) is 0 Å². The van der Waals surface area contributed by atoms with Gasteiger partial charge in [-0.15, -0.1) is 12.4 Å². The molecule has 1 saturated carbocycles. The SMILES string of the molecule is Cc1cccc(CCNC(=O)C2CC3CCCCC3N2)c1.Cl. The van der Waals surface area contributed by atoms with Gasteiger partial charge < -0.3 is 10.6 Å². The summed E-state index contributed by atoms with van der Waals surface area (Å²) in [6.07, 6.45) is 7.14. The van der Waals surface area contributed by atoms with E-state index in [9.17, 15) is 4.79 Å². The normalized spacial score (nSPS) is 26.9. The molecule has 3 atom stereocenters. The second-order valence-electron chi connectivity index (χ2n) is 6.64. The molecule has 1 amide bonds. The Kier molecular flexibility index (Phi) is 6.27. The summed E-state index contributed by atoms with van der Waals surface area (Å²) in [5.74, 6) is 0.920. The Balaban J connectivity index is 0.00000176. The van der Waals surface area contributed by atoms with Gasteiger partial charge in [-0.3, -0.25) is 4.79 Å². The van der Waals surface area contributed by atoms with Gasteiger partial charge in [0, 0.05) is 12.6 Å². The highest BCUT2D eigenvalue weighted by molar-refractivity contribution is 5.85. The molecule has 0 spiro atoms. The summed E-state index contributed by atoms with van der Waals surface area (Å²) < 4.78 is 0. The zero-order chi connectivity index (χ0) is 14.7. The van der Waals surface area contributed by atoms with Gasteiger partial charge in [0.2, 0.25) is 5.91 Å². The maximum Gasteiger partial charge on any atom is 0.237 e. The van der Waals surface area contributed by atoms with Gasteiger partial charge in [-0.2, -0.15) is 0 Å². The lowest BCUT2D eigenvalue weighted by Gasteiger charge is -2.24.